The largest absolute Gasteiger partial charge is 0.416 e. The molecule has 1 unspecified atom stereocenters. The van der Waals surface area contributed by atoms with Crippen LogP contribution in [0.3, 0.4) is 0 Å². The topological polar surface area (TPSA) is 38.5 Å². The summed E-state index contributed by atoms with van der Waals surface area (Å²) in [5.74, 6) is 0. The van der Waals surface area contributed by atoms with E-state index in [1.807, 2.05) is 6.92 Å². The predicted molar refractivity (Wildman–Crippen MR) is 76.2 cm³/mol. The lowest BCUT2D eigenvalue weighted by atomic mass is 9.94. The van der Waals surface area contributed by atoms with E-state index in [2.05, 4.69) is 4.90 Å². The highest BCUT2D eigenvalue weighted by atomic mass is 19.4. The third kappa shape index (κ3) is 3.49. The third-order valence-electron chi connectivity index (χ3n) is 4.13. The molecular formula is C15H21F3N2O. The van der Waals surface area contributed by atoms with Gasteiger partial charge >= 0.3 is 6.18 Å². The standard InChI is InChI=1S/C15H21F3N2O/c1-14(21-2)6-3-7-20(10-14)12-4-5-13(15(16,17)18)11(8-12)9-19/h4-5,8H,3,6-7,9-10,19H2,1-2H3. The summed E-state index contributed by atoms with van der Waals surface area (Å²) in [5, 5.41) is 0. The van der Waals surface area contributed by atoms with Gasteiger partial charge in [-0.25, -0.2) is 0 Å². The van der Waals surface area contributed by atoms with Crippen LogP contribution in [0.15, 0.2) is 18.2 Å². The monoisotopic (exact) mass is 302 g/mol. The summed E-state index contributed by atoms with van der Waals surface area (Å²) in [6, 6.07) is 4.18. The van der Waals surface area contributed by atoms with Gasteiger partial charge in [0.15, 0.2) is 0 Å². The molecule has 0 bridgehead atoms. The van der Waals surface area contributed by atoms with E-state index >= 15 is 0 Å². The number of anilines is 1. The van der Waals surface area contributed by atoms with Gasteiger partial charge in [-0.15, -0.1) is 0 Å². The van der Waals surface area contributed by atoms with Crippen LogP contribution in [0.1, 0.15) is 30.9 Å². The molecule has 118 valence electrons. The highest BCUT2D eigenvalue weighted by molar-refractivity contribution is 5.52. The van der Waals surface area contributed by atoms with Crippen molar-refractivity contribution in [2.24, 2.45) is 5.73 Å². The Labute approximate surface area is 122 Å². The molecule has 0 saturated carbocycles. The molecule has 6 heteroatoms. The zero-order chi connectivity index (χ0) is 15.7. The number of benzene rings is 1. The van der Waals surface area contributed by atoms with E-state index < -0.39 is 11.7 Å². The van der Waals surface area contributed by atoms with Gasteiger partial charge in [-0.2, -0.15) is 13.2 Å². The van der Waals surface area contributed by atoms with Gasteiger partial charge < -0.3 is 15.4 Å². The van der Waals surface area contributed by atoms with Crippen molar-refractivity contribution in [1.29, 1.82) is 0 Å². The highest BCUT2D eigenvalue weighted by Crippen LogP contribution is 2.35. The van der Waals surface area contributed by atoms with Crippen molar-refractivity contribution >= 4 is 5.69 Å². The van der Waals surface area contributed by atoms with Gasteiger partial charge in [0.2, 0.25) is 0 Å². The Morgan fingerprint density at radius 1 is 1.38 bits per heavy atom. The van der Waals surface area contributed by atoms with Crippen LogP contribution in [0.2, 0.25) is 0 Å². The Kier molecular flexibility index (Phi) is 4.49. The summed E-state index contributed by atoms with van der Waals surface area (Å²) >= 11 is 0. The molecule has 1 atom stereocenters. The van der Waals surface area contributed by atoms with Gasteiger partial charge in [0, 0.05) is 32.4 Å². The van der Waals surface area contributed by atoms with Crippen LogP contribution < -0.4 is 10.6 Å². The number of alkyl halides is 3. The summed E-state index contributed by atoms with van der Waals surface area (Å²) in [4.78, 5) is 2.06. The van der Waals surface area contributed by atoms with Crippen LogP contribution in [0.5, 0.6) is 0 Å². The number of hydrogen-bond acceptors (Lipinski definition) is 3. The number of nitrogens with two attached hydrogens (primary N) is 1. The van der Waals surface area contributed by atoms with Gasteiger partial charge in [-0.1, -0.05) is 0 Å². The normalized spacial score (nSPS) is 23.4. The number of halogens is 3. The maximum atomic E-state index is 12.9. The molecule has 1 fully saturated rings. The Morgan fingerprint density at radius 3 is 2.67 bits per heavy atom. The van der Waals surface area contributed by atoms with Crippen molar-refractivity contribution in [1.82, 2.24) is 0 Å². The minimum atomic E-state index is -4.36. The van der Waals surface area contributed by atoms with Gasteiger partial charge in [-0.05, 0) is 43.5 Å². The molecule has 1 aliphatic rings. The Balaban J connectivity index is 2.29. The fourth-order valence-electron chi connectivity index (χ4n) is 2.81. The fourth-order valence-corrected chi connectivity index (χ4v) is 2.81. The average Bonchev–Trinajstić information content (AvgIpc) is 2.45. The molecule has 0 aliphatic carbocycles. The molecule has 0 radical (unpaired) electrons. The minimum Gasteiger partial charge on any atom is -0.377 e. The first-order valence-electron chi connectivity index (χ1n) is 6.99. The third-order valence-corrected chi connectivity index (χ3v) is 4.13. The molecule has 2 N–H and O–H groups in total. The Bertz CT molecular complexity index is 504. The molecule has 2 rings (SSSR count). The van der Waals surface area contributed by atoms with E-state index in [9.17, 15) is 13.2 Å². The van der Waals surface area contributed by atoms with E-state index in [-0.39, 0.29) is 17.7 Å². The number of ether oxygens (including phenoxy) is 1. The molecule has 1 aromatic rings. The maximum Gasteiger partial charge on any atom is 0.416 e. The second-order valence-electron chi connectivity index (χ2n) is 5.72. The summed E-state index contributed by atoms with van der Waals surface area (Å²) < 4.78 is 44.2. The lowest BCUT2D eigenvalue weighted by molar-refractivity contribution is -0.138. The second kappa shape index (κ2) is 5.85. The predicted octanol–water partition coefficient (Wildman–Crippen LogP) is 3.17. The van der Waals surface area contributed by atoms with Gasteiger partial charge in [-0.3, -0.25) is 0 Å². The maximum absolute atomic E-state index is 12.9. The van der Waals surface area contributed by atoms with Crippen molar-refractivity contribution in [3.05, 3.63) is 29.3 Å². The minimum absolute atomic E-state index is 0.127. The summed E-state index contributed by atoms with van der Waals surface area (Å²) in [5.41, 5.74) is 5.47. The number of hydrogen-bond donors (Lipinski definition) is 1. The smallest absolute Gasteiger partial charge is 0.377 e. The SMILES string of the molecule is COC1(C)CCCN(c2ccc(C(F)(F)F)c(CN)c2)C1. The molecule has 1 aromatic carbocycles. The molecule has 1 aliphatic heterocycles. The van der Waals surface area contributed by atoms with Crippen LogP contribution in [-0.2, 0) is 17.5 Å². The number of methoxy groups -OCH3 is 1. The highest BCUT2D eigenvalue weighted by Gasteiger charge is 2.34. The number of piperidine rings is 1. The molecule has 1 saturated heterocycles. The second-order valence-corrected chi connectivity index (χ2v) is 5.72. The molecule has 0 amide bonds. The van der Waals surface area contributed by atoms with Crippen LogP contribution in [-0.4, -0.2) is 25.8 Å². The first kappa shape index (κ1) is 16.1. The van der Waals surface area contributed by atoms with E-state index in [4.69, 9.17) is 10.5 Å². The Morgan fingerprint density at radius 2 is 2.10 bits per heavy atom. The van der Waals surface area contributed by atoms with E-state index in [1.54, 1.807) is 13.2 Å². The quantitative estimate of drug-likeness (QED) is 0.932. The molecule has 21 heavy (non-hydrogen) atoms. The molecule has 1 heterocycles. The average molecular weight is 302 g/mol. The van der Waals surface area contributed by atoms with Crippen molar-refractivity contribution in [3.63, 3.8) is 0 Å². The van der Waals surface area contributed by atoms with Crippen LogP contribution in [0, 0.1) is 0 Å². The summed E-state index contributed by atoms with van der Waals surface area (Å²) in [6.07, 6.45) is -2.47. The van der Waals surface area contributed by atoms with Crippen molar-refractivity contribution in [2.75, 3.05) is 25.1 Å². The van der Waals surface area contributed by atoms with Crippen LogP contribution in [0.4, 0.5) is 18.9 Å². The van der Waals surface area contributed by atoms with Crippen LogP contribution >= 0.6 is 0 Å². The summed E-state index contributed by atoms with van der Waals surface area (Å²) in [7, 11) is 1.67. The lowest BCUT2D eigenvalue weighted by Gasteiger charge is -2.41. The summed E-state index contributed by atoms with van der Waals surface area (Å²) in [6.45, 7) is 3.37. The van der Waals surface area contributed by atoms with Gasteiger partial charge in [0.1, 0.15) is 0 Å². The number of nitrogens with zero attached hydrogens (tertiary/aromatic N) is 1. The van der Waals surface area contributed by atoms with Crippen molar-refractivity contribution in [3.8, 4) is 0 Å². The first-order valence-corrected chi connectivity index (χ1v) is 6.99. The van der Waals surface area contributed by atoms with E-state index in [0.717, 1.165) is 31.1 Å². The van der Waals surface area contributed by atoms with E-state index in [1.165, 1.54) is 6.07 Å². The van der Waals surface area contributed by atoms with Gasteiger partial charge in [0.05, 0.1) is 11.2 Å². The van der Waals surface area contributed by atoms with Gasteiger partial charge in [0.25, 0.3) is 0 Å². The first-order chi connectivity index (χ1) is 9.79. The zero-order valence-electron chi connectivity index (χ0n) is 12.3. The number of rotatable bonds is 3. The molecule has 3 nitrogen and oxygen atoms in total. The lowest BCUT2D eigenvalue weighted by Crippen LogP contribution is -2.47. The Hall–Kier alpha value is -1.27. The molecule has 0 aromatic heterocycles. The van der Waals surface area contributed by atoms with E-state index in [0.29, 0.717) is 6.54 Å². The molecular weight excluding hydrogens is 281 g/mol. The van der Waals surface area contributed by atoms with Crippen molar-refractivity contribution < 1.29 is 17.9 Å². The van der Waals surface area contributed by atoms with Crippen molar-refractivity contribution in [2.45, 2.75) is 38.1 Å². The zero-order valence-corrected chi connectivity index (χ0v) is 12.3. The van der Waals surface area contributed by atoms with Crippen LogP contribution in [0.25, 0.3) is 0 Å². The fraction of sp³-hybridized carbons (Fsp3) is 0.600. The molecule has 0 spiro atoms.